The van der Waals surface area contributed by atoms with E-state index in [0.29, 0.717) is 5.41 Å². The molecule has 1 heterocycles. The van der Waals surface area contributed by atoms with E-state index in [0.717, 1.165) is 26.2 Å². The van der Waals surface area contributed by atoms with Gasteiger partial charge in [0.2, 0.25) is 0 Å². The number of ether oxygens (including phenoxy) is 1. The van der Waals surface area contributed by atoms with Gasteiger partial charge in [0.25, 0.3) is 0 Å². The molecule has 1 N–H and O–H groups in total. The van der Waals surface area contributed by atoms with Crippen LogP contribution in [0.15, 0.2) is 0 Å². The average molecular weight is 296 g/mol. The number of rotatable bonds is 5. The normalized spacial score (nSPS) is 25.5. The highest BCUT2D eigenvalue weighted by atomic mass is 16.5. The van der Waals surface area contributed by atoms with Gasteiger partial charge >= 0.3 is 5.97 Å². The highest BCUT2D eigenvalue weighted by Crippen LogP contribution is 2.44. The largest absolute Gasteiger partial charge is 0.468 e. The molecule has 0 aromatic rings. The summed E-state index contributed by atoms with van der Waals surface area (Å²) in [6.07, 6.45) is 9.69. The van der Waals surface area contributed by atoms with E-state index < -0.39 is 5.54 Å². The maximum absolute atomic E-state index is 12.1. The predicted octanol–water partition coefficient (Wildman–Crippen LogP) is 2.57. The number of hydrogen-bond acceptors (Lipinski definition) is 4. The first-order valence-electron chi connectivity index (χ1n) is 8.59. The molecule has 1 spiro atoms. The number of piperidine rings is 1. The molecule has 2 rings (SSSR count). The lowest BCUT2D eigenvalue weighted by atomic mass is 9.68. The van der Waals surface area contributed by atoms with Crippen molar-refractivity contribution in [1.82, 2.24) is 10.2 Å². The Morgan fingerprint density at radius 2 is 1.81 bits per heavy atom. The summed E-state index contributed by atoms with van der Waals surface area (Å²) in [6.45, 7) is 7.78. The lowest BCUT2D eigenvalue weighted by molar-refractivity contribution is -0.149. The van der Waals surface area contributed by atoms with Gasteiger partial charge < -0.3 is 15.0 Å². The van der Waals surface area contributed by atoms with Crippen LogP contribution in [0.2, 0.25) is 0 Å². The second kappa shape index (κ2) is 7.10. The van der Waals surface area contributed by atoms with Crippen molar-refractivity contribution in [3.63, 3.8) is 0 Å². The van der Waals surface area contributed by atoms with Crippen LogP contribution in [0.25, 0.3) is 0 Å². The van der Waals surface area contributed by atoms with Crippen molar-refractivity contribution in [1.29, 1.82) is 0 Å². The van der Waals surface area contributed by atoms with Crippen molar-refractivity contribution in [2.24, 2.45) is 5.41 Å². The summed E-state index contributed by atoms with van der Waals surface area (Å²) < 4.78 is 4.99. The van der Waals surface area contributed by atoms with Gasteiger partial charge in [-0.3, -0.25) is 4.79 Å². The highest BCUT2D eigenvalue weighted by molar-refractivity contribution is 5.80. The number of hydrogen-bond donors (Lipinski definition) is 1. The van der Waals surface area contributed by atoms with Crippen molar-refractivity contribution in [2.75, 3.05) is 33.3 Å². The van der Waals surface area contributed by atoms with Crippen LogP contribution >= 0.6 is 0 Å². The van der Waals surface area contributed by atoms with E-state index in [1.165, 1.54) is 52.1 Å². The van der Waals surface area contributed by atoms with Crippen LogP contribution in [-0.2, 0) is 9.53 Å². The Balaban J connectivity index is 1.90. The van der Waals surface area contributed by atoms with Gasteiger partial charge in [-0.2, -0.15) is 0 Å². The number of esters is 1. The molecule has 1 aliphatic carbocycles. The van der Waals surface area contributed by atoms with Gasteiger partial charge in [0.05, 0.1) is 7.11 Å². The summed E-state index contributed by atoms with van der Waals surface area (Å²) in [7, 11) is 1.48. The van der Waals surface area contributed by atoms with Gasteiger partial charge in [-0.15, -0.1) is 0 Å². The Morgan fingerprint density at radius 3 is 2.33 bits per heavy atom. The Hall–Kier alpha value is -0.610. The predicted molar refractivity (Wildman–Crippen MR) is 85.3 cm³/mol. The average Bonchev–Trinajstić information content (AvgIpc) is 2.50. The van der Waals surface area contributed by atoms with Gasteiger partial charge in [0, 0.05) is 6.54 Å². The molecule has 0 aromatic carbocycles. The summed E-state index contributed by atoms with van der Waals surface area (Å²) in [5.41, 5.74) is 0.0369. The Bertz CT molecular complexity index is 343. The monoisotopic (exact) mass is 296 g/mol. The van der Waals surface area contributed by atoms with Crippen LogP contribution in [-0.4, -0.2) is 49.7 Å². The smallest absolute Gasteiger partial charge is 0.327 e. The lowest BCUT2D eigenvalue weighted by Gasteiger charge is -2.46. The van der Waals surface area contributed by atoms with Gasteiger partial charge in [0.1, 0.15) is 5.54 Å². The zero-order chi connectivity index (χ0) is 15.3. The number of carbonyl (C=O) groups excluding carboxylic acids is 1. The van der Waals surface area contributed by atoms with E-state index in [-0.39, 0.29) is 5.97 Å². The fraction of sp³-hybridized carbons (Fsp3) is 0.941. The van der Waals surface area contributed by atoms with Crippen molar-refractivity contribution < 1.29 is 9.53 Å². The summed E-state index contributed by atoms with van der Waals surface area (Å²) in [5, 5.41) is 3.31. The van der Waals surface area contributed by atoms with Gasteiger partial charge in [0.15, 0.2) is 0 Å². The van der Waals surface area contributed by atoms with E-state index in [4.69, 9.17) is 4.74 Å². The van der Waals surface area contributed by atoms with Crippen LogP contribution < -0.4 is 5.32 Å². The molecule has 1 saturated heterocycles. The summed E-state index contributed by atoms with van der Waals surface area (Å²) in [4.78, 5) is 14.5. The molecule has 2 fully saturated rings. The first-order chi connectivity index (χ1) is 10.0. The first-order valence-corrected chi connectivity index (χ1v) is 8.59. The third-order valence-corrected chi connectivity index (χ3v) is 5.57. The second-order valence-corrected chi connectivity index (χ2v) is 7.19. The molecule has 122 valence electrons. The van der Waals surface area contributed by atoms with E-state index in [2.05, 4.69) is 10.2 Å². The molecule has 4 heteroatoms. The van der Waals surface area contributed by atoms with Crippen molar-refractivity contribution in [3.05, 3.63) is 0 Å². The molecule has 0 radical (unpaired) electrons. The van der Waals surface area contributed by atoms with Gasteiger partial charge in [-0.1, -0.05) is 26.2 Å². The number of likely N-dealkylation sites (tertiary alicyclic amines) is 1. The van der Waals surface area contributed by atoms with Crippen molar-refractivity contribution >= 4 is 5.97 Å². The van der Waals surface area contributed by atoms with Crippen LogP contribution in [0, 0.1) is 5.41 Å². The van der Waals surface area contributed by atoms with E-state index in [1.54, 1.807) is 0 Å². The Morgan fingerprint density at radius 1 is 1.19 bits per heavy atom. The van der Waals surface area contributed by atoms with Gasteiger partial charge in [-0.05, 0) is 57.7 Å². The van der Waals surface area contributed by atoms with Crippen molar-refractivity contribution in [2.45, 2.75) is 64.3 Å². The number of nitrogens with zero attached hydrogens (tertiary/aromatic N) is 1. The molecule has 0 bridgehead atoms. The molecule has 21 heavy (non-hydrogen) atoms. The lowest BCUT2D eigenvalue weighted by Crippen LogP contribution is -2.58. The maximum atomic E-state index is 12.1. The van der Waals surface area contributed by atoms with Gasteiger partial charge in [-0.25, -0.2) is 0 Å². The maximum Gasteiger partial charge on any atom is 0.327 e. The molecular formula is C17H32N2O2. The van der Waals surface area contributed by atoms with E-state index >= 15 is 0 Å². The minimum Gasteiger partial charge on any atom is -0.468 e. The number of methoxy groups -OCH3 is 1. The van der Waals surface area contributed by atoms with E-state index in [1.807, 2.05) is 13.8 Å². The molecule has 1 saturated carbocycles. The molecule has 0 aromatic heterocycles. The molecule has 1 atom stereocenters. The Labute approximate surface area is 129 Å². The first kappa shape index (κ1) is 16.8. The van der Waals surface area contributed by atoms with Crippen molar-refractivity contribution in [3.8, 4) is 0 Å². The summed E-state index contributed by atoms with van der Waals surface area (Å²) in [5.74, 6) is -0.151. The molecule has 4 nitrogen and oxygen atoms in total. The third kappa shape index (κ3) is 3.98. The third-order valence-electron chi connectivity index (χ3n) is 5.57. The number of carbonyl (C=O) groups is 1. The molecular weight excluding hydrogens is 264 g/mol. The minimum atomic E-state index is -0.583. The molecule has 1 aliphatic heterocycles. The topological polar surface area (TPSA) is 41.6 Å². The second-order valence-electron chi connectivity index (χ2n) is 7.19. The zero-order valence-electron chi connectivity index (χ0n) is 14.0. The number of likely N-dealkylation sites (N-methyl/N-ethyl adjacent to an activating group) is 1. The molecule has 1 unspecified atom stereocenters. The molecule has 2 aliphatic rings. The van der Waals surface area contributed by atoms with Crippen LogP contribution in [0.5, 0.6) is 0 Å². The Kier molecular flexibility index (Phi) is 5.67. The fourth-order valence-electron chi connectivity index (χ4n) is 4.24. The van der Waals surface area contributed by atoms with Crippen LogP contribution in [0.1, 0.15) is 58.8 Å². The zero-order valence-corrected chi connectivity index (χ0v) is 14.0. The van der Waals surface area contributed by atoms with Crippen LogP contribution in [0.3, 0.4) is 0 Å². The standard InChI is InChI=1S/C17H32N2O2/c1-4-18-16(2,15(20)21-3)14-19-12-10-17(11-13-19)8-6-5-7-9-17/h18H,4-14H2,1-3H3. The summed E-state index contributed by atoms with van der Waals surface area (Å²) in [6, 6.07) is 0. The van der Waals surface area contributed by atoms with Crippen LogP contribution in [0.4, 0.5) is 0 Å². The summed E-state index contributed by atoms with van der Waals surface area (Å²) >= 11 is 0. The minimum absolute atomic E-state index is 0.151. The quantitative estimate of drug-likeness (QED) is 0.792. The van der Waals surface area contributed by atoms with E-state index in [9.17, 15) is 4.79 Å². The SMILES string of the molecule is CCNC(C)(CN1CCC2(CCCCC2)CC1)C(=O)OC. The number of nitrogens with one attached hydrogen (secondary N) is 1. The highest BCUT2D eigenvalue weighted by Gasteiger charge is 2.40. The fourth-order valence-corrected chi connectivity index (χ4v) is 4.24. The molecule has 0 amide bonds.